The lowest BCUT2D eigenvalue weighted by molar-refractivity contribution is -0.145. The number of nitrogens with zero attached hydrogens (tertiary/aromatic N) is 2. The van der Waals surface area contributed by atoms with E-state index in [1.807, 2.05) is 4.81 Å². The van der Waals surface area contributed by atoms with E-state index in [9.17, 15) is 9.59 Å². The maximum Gasteiger partial charge on any atom is 0.303 e. The summed E-state index contributed by atoms with van der Waals surface area (Å²) in [6.07, 6.45) is 3.76. The fraction of sp³-hybridized carbons (Fsp3) is 0.556. The largest absolute Gasteiger partial charge is 0.456 e. The number of anilines is 1. The second kappa shape index (κ2) is 6.97. The highest BCUT2D eigenvalue weighted by atomic mass is 16.5. The van der Waals surface area contributed by atoms with Crippen LogP contribution in [0.2, 0.25) is 0 Å². The highest BCUT2D eigenvalue weighted by molar-refractivity contribution is 6.04. The molecule has 0 N–H and O–H groups in total. The number of hydrogen-bond donors (Lipinski definition) is 0. The van der Waals surface area contributed by atoms with Crippen LogP contribution in [-0.2, 0) is 33.6 Å². The molecule has 0 spiro atoms. The zero-order valence-electron chi connectivity index (χ0n) is 14.4. The number of carbonyl (C=O) groups excluding carboxylic acids is 2. The Morgan fingerprint density at radius 1 is 1.17 bits per heavy atom. The van der Waals surface area contributed by atoms with Gasteiger partial charge in [0.25, 0.3) is 5.91 Å². The fourth-order valence-electron chi connectivity index (χ4n) is 3.79. The van der Waals surface area contributed by atoms with Crippen LogP contribution in [0.4, 0.5) is 5.69 Å². The van der Waals surface area contributed by atoms with Crippen LogP contribution in [0.25, 0.3) is 0 Å². The molecule has 2 heterocycles. The Morgan fingerprint density at radius 2 is 1.92 bits per heavy atom. The number of benzene rings is 1. The standard InChI is InChI=1S/C18H23BN2O3/c1-12-16-6-9-20(19)8-5-14(16)10-15-4-3-7-21(18(12)15)17(23)11-24-13(2)22/h10H,3-9,11H2,1-2H3. The molecule has 2 radical (unpaired) electrons. The first-order valence-electron chi connectivity index (χ1n) is 8.55. The molecule has 0 unspecified atom stereocenters. The molecule has 2 aliphatic rings. The summed E-state index contributed by atoms with van der Waals surface area (Å²) in [7, 11) is 5.98. The third-order valence-electron chi connectivity index (χ3n) is 4.96. The van der Waals surface area contributed by atoms with Gasteiger partial charge in [-0.1, -0.05) is 6.07 Å². The first-order chi connectivity index (χ1) is 11.5. The summed E-state index contributed by atoms with van der Waals surface area (Å²) in [5, 5.41) is 0. The van der Waals surface area contributed by atoms with Crippen molar-refractivity contribution in [1.82, 2.24) is 4.81 Å². The monoisotopic (exact) mass is 326 g/mol. The molecule has 126 valence electrons. The number of fused-ring (bicyclic) bond motifs is 2. The first kappa shape index (κ1) is 17.0. The van der Waals surface area contributed by atoms with Gasteiger partial charge in [-0.25, -0.2) is 0 Å². The molecular formula is C18H23BN2O3. The Hall–Kier alpha value is -1.82. The van der Waals surface area contributed by atoms with E-state index in [-0.39, 0.29) is 12.5 Å². The van der Waals surface area contributed by atoms with E-state index >= 15 is 0 Å². The topological polar surface area (TPSA) is 49.9 Å². The average molecular weight is 326 g/mol. The number of hydrogen-bond acceptors (Lipinski definition) is 4. The van der Waals surface area contributed by atoms with Gasteiger partial charge in [-0.3, -0.25) is 9.59 Å². The first-order valence-corrected chi connectivity index (χ1v) is 8.55. The Morgan fingerprint density at radius 3 is 2.67 bits per heavy atom. The molecule has 1 aromatic carbocycles. The van der Waals surface area contributed by atoms with Crippen molar-refractivity contribution in [3.05, 3.63) is 28.3 Å². The number of rotatable bonds is 2. The molecule has 5 nitrogen and oxygen atoms in total. The smallest absolute Gasteiger partial charge is 0.303 e. The fourth-order valence-corrected chi connectivity index (χ4v) is 3.79. The molecule has 6 heteroatoms. The van der Waals surface area contributed by atoms with Crippen molar-refractivity contribution in [1.29, 1.82) is 0 Å². The van der Waals surface area contributed by atoms with Gasteiger partial charge in [-0.05, 0) is 68.0 Å². The van der Waals surface area contributed by atoms with Crippen LogP contribution in [0.1, 0.15) is 35.6 Å². The SMILES string of the molecule is [B]N1CCc2cc3c(c(C)c2CC1)N(C(=O)COC(C)=O)CCC3. The molecule has 0 saturated carbocycles. The normalized spacial score (nSPS) is 17.7. The summed E-state index contributed by atoms with van der Waals surface area (Å²) in [6.45, 7) is 5.59. The molecule has 1 aromatic rings. The van der Waals surface area contributed by atoms with Crippen LogP contribution < -0.4 is 4.90 Å². The molecule has 0 aliphatic carbocycles. The van der Waals surface area contributed by atoms with E-state index in [2.05, 4.69) is 13.0 Å². The van der Waals surface area contributed by atoms with Crippen molar-refractivity contribution >= 4 is 25.5 Å². The number of amides is 1. The van der Waals surface area contributed by atoms with Crippen molar-refractivity contribution in [2.24, 2.45) is 0 Å². The minimum absolute atomic E-state index is 0.150. The summed E-state index contributed by atoms with van der Waals surface area (Å²) in [4.78, 5) is 27.2. The molecule has 24 heavy (non-hydrogen) atoms. The van der Waals surface area contributed by atoms with E-state index in [1.165, 1.54) is 29.2 Å². The highest BCUT2D eigenvalue weighted by Gasteiger charge is 2.28. The van der Waals surface area contributed by atoms with E-state index in [0.717, 1.165) is 44.5 Å². The molecule has 3 rings (SSSR count). The second-order valence-electron chi connectivity index (χ2n) is 6.61. The van der Waals surface area contributed by atoms with Gasteiger partial charge in [0.1, 0.15) is 0 Å². The molecule has 0 saturated heterocycles. The second-order valence-corrected chi connectivity index (χ2v) is 6.61. The molecule has 0 bridgehead atoms. The molecule has 1 amide bonds. The number of aryl methyl sites for hydroxylation is 1. The summed E-state index contributed by atoms with van der Waals surface area (Å²) >= 11 is 0. The van der Waals surface area contributed by atoms with Gasteiger partial charge in [0.15, 0.2) is 14.6 Å². The lowest BCUT2D eigenvalue weighted by atomic mass is 9.89. The van der Waals surface area contributed by atoms with Crippen LogP contribution in [0.3, 0.4) is 0 Å². The van der Waals surface area contributed by atoms with Crippen molar-refractivity contribution in [3.63, 3.8) is 0 Å². The summed E-state index contributed by atoms with van der Waals surface area (Å²) in [5.41, 5.74) is 6.08. The van der Waals surface area contributed by atoms with Crippen molar-refractivity contribution in [2.45, 2.75) is 39.5 Å². The zero-order chi connectivity index (χ0) is 17.3. The number of esters is 1. The highest BCUT2D eigenvalue weighted by Crippen LogP contribution is 2.36. The Bertz CT molecular complexity index is 675. The number of carbonyl (C=O) groups is 2. The Balaban J connectivity index is 1.95. The van der Waals surface area contributed by atoms with E-state index in [4.69, 9.17) is 12.7 Å². The molecule has 0 fully saturated rings. The zero-order valence-corrected chi connectivity index (χ0v) is 14.4. The lowest BCUT2D eigenvalue weighted by Gasteiger charge is -2.33. The lowest BCUT2D eigenvalue weighted by Crippen LogP contribution is -2.39. The van der Waals surface area contributed by atoms with Crippen molar-refractivity contribution in [2.75, 3.05) is 31.1 Å². The predicted molar refractivity (Wildman–Crippen MR) is 93.2 cm³/mol. The van der Waals surface area contributed by atoms with Crippen LogP contribution in [-0.4, -0.2) is 50.9 Å². The summed E-state index contributed by atoms with van der Waals surface area (Å²) in [6, 6.07) is 2.25. The molecule has 0 aromatic heterocycles. The summed E-state index contributed by atoms with van der Waals surface area (Å²) in [5.74, 6) is -0.578. The van der Waals surface area contributed by atoms with Gasteiger partial charge >= 0.3 is 5.97 Å². The van der Waals surface area contributed by atoms with Crippen LogP contribution >= 0.6 is 0 Å². The van der Waals surface area contributed by atoms with Crippen molar-refractivity contribution in [3.8, 4) is 0 Å². The quantitative estimate of drug-likeness (QED) is 0.608. The van der Waals surface area contributed by atoms with Gasteiger partial charge in [-0.15, -0.1) is 0 Å². The van der Waals surface area contributed by atoms with Crippen molar-refractivity contribution < 1.29 is 14.3 Å². The predicted octanol–water partition coefficient (Wildman–Crippen LogP) is 1.32. The van der Waals surface area contributed by atoms with Gasteiger partial charge in [-0.2, -0.15) is 0 Å². The molecule has 2 aliphatic heterocycles. The van der Waals surface area contributed by atoms with E-state index in [0.29, 0.717) is 6.54 Å². The Kier molecular flexibility index (Phi) is 4.95. The molecular weight excluding hydrogens is 303 g/mol. The minimum Gasteiger partial charge on any atom is -0.456 e. The van der Waals surface area contributed by atoms with Gasteiger partial charge in [0.05, 0.1) is 5.69 Å². The van der Waals surface area contributed by atoms with Gasteiger partial charge < -0.3 is 14.4 Å². The van der Waals surface area contributed by atoms with E-state index < -0.39 is 5.97 Å². The molecule has 0 atom stereocenters. The van der Waals surface area contributed by atoms with Gasteiger partial charge in [0.2, 0.25) is 0 Å². The van der Waals surface area contributed by atoms with Crippen LogP contribution in [0.15, 0.2) is 6.07 Å². The summed E-state index contributed by atoms with van der Waals surface area (Å²) < 4.78 is 4.91. The third kappa shape index (κ3) is 3.34. The van der Waals surface area contributed by atoms with E-state index in [1.54, 1.807) is 4.90 Å². The Labute approximate surface area is 144 Å². The average Bonchev–Trinajstić information content (AvgIpc) is 2.74. The van der Waals surface area contributed by atoms with Gasteiger partial charge in [0, 0.05) is 13.5 Å². The van der Waals surface area contributed by atoms with Crippen LogP contribution in [0, 0.1) is 6.92 Å². The van der Waals surface area contributed by atoms with Crippen LogP contribution in [0.5, 0.6) is 0 Å². The maximum atomic E-state index is 12.5. The minimum atomic E-state index is -0.428. The maximum absolute atomic E-state index is 12.5. The third-order valence-corrected chi connectivity index (χ3v) is 4.96. The number of ether oxygens (including phenoxy) is 1.